The second-order valence-corrected chi connectivity index (χ2v) is 3.49. The van der Waals surface area contributed by atoms with Crippen LogP contribution >= 0.6 is 0 Å². The van der Waals surface area contributed by atoms with Gasteiger partial charge in [0.1, 0.15) is 0 Å². The van der Waals surface area contributed by atoms with Crippen LogP contribution in [-0.2, 0) is 0 Å². The van der Waals surface area contributed by atoms with E-state index in [0.717, 1.165) is 4.90 Å². The van der Waals surface area contributed by atoms with E-state index in [1.165, 1.54) is 12.1 Å². The second kappa shape index (κ2) is 4.00. The number of fused-ring (bicyclic) bond motifs is 1. The van der Waals surface area contributed by atoms with Crippen LogP contribution < -0.4 is 0 Å². The molecule has 0 aliphatic carbocycles. The molecule has 1 aromatic rings. The Balaban J connectivity index is 2.22. The molecule has 0 radical (unpaired) electrons. The zero-order valence-corrected chi connectivity index (χ0v) is 8.32. The highest BCUT2D eigenvalue weighted by Gasteiger charge is 2.34. The minimum atomic E-state index is -2.51. The summed E-state index contributed by atoms with van der Waals surface area (Å²) >= 11 is 0. The monoisotopic (exact) mass is 225 g/mol. The van der Waals surface area contributed by atoms with Gasteiger partial charge in [-0.05, 0) is 12.1 Å². The largest absolute Gasteiger partial charge is 0.274 e. The number of rotatable bonds is 3. The maximum absolute atomic E-state index is 12.0. The number of nitrogens with zero attached hydrogens (tertiary/aromatic N) is 1. The van der Waals surface area contributed by atoms with Gasteiger partial charge < -0.3 is 0 Å². The van der Waals surface area contributed by atoms with Crippen molar-refractivity contribution in [1.29, 1.82) is 0 Å². The minimum Gasteiger partial charge on any atom is -0.274 e. The summed E-state index contributed by atoms with van der Waals surface area (Å²) < 4.78 is 24.0. The van der Waals surface area contributed by atoms with E-state index in [1.54, 1.807) is 12.1 Å². The van der Waals surface area contributed by atoms with E-state index in [0.29, 0.717) is 11.1 Å². The summed E-state index contributed by atoms with van der Waals surface area (Å²) in [5, 5.41) is 0. The first-order valence-corrected chi connectivity index (χ1v) is 4.84. The Bertz CT molecular complexity index is 410. The van der Waals surface area contributed by atoms with Crippen LogP contribution in [0.1, 0.15) is 27.1 Å². The Morgan fingerprint density at radius 1 is 1.06 bits per heavy atom. The molecule has 1 aliphatic rings. The van der Waals surface area contributed by atoms with Crippen molar-refractivity contribution in [2.45, 2.75) is 12.8 Å². The first-order chi connectivity index (χ1) is 7.61. The van der Waals surface area contributed by atoms with Crippen molar-refractivity contribution in [3.63, 3.8) is 0 Å². The number of carbonyl (C=O) groups excluding carboxylic acids is 2. The highest BCUT2D eigenvalue weighted by molar-refractivity contribution is 6.21. The summed E-state index contributed by atoms with van der Waals surface area (Å²) in [7, 11) is 0. The van der Waals surface area contributed by atoms with Crippen molar-refractivity contribution in [2.24, 2.45) is 0 Å². The molecule has 3 nitrogen and oxygen atoms in total. The fraction of sp³-hybridized carbons (Fsp3) is 0.273. The maximum Gasteiger partial charge on any atom is 0.261 e. The van der Waals surface area contributed by atoms with Crippen LogP contribution in [0.5, 0.6) is 0 Å². The number of alkyl halides is 2. The number of amides is 2. The molecule has 16 heavy (non-hydrogen) atoms. The van der Waals surface area contributed by atoms with Crippen LogP contribution in [0.3, 0.4) is 0 Å². The molecule has 1 aliphatic heterocycles. The van der Waals surface area contributed by atoms with Crippen molar-refractivity contribution < 1.29 is 18.4 Å². The summed E-state index contributed by atoms with van der Waals surface area (Å²) in [4.78, 5) is 24.2. The Morgan fingerprint density at radius 3 is 2.00 bits per heavy atom. The van der Waals surface area contributed by atoms with Gasteiger partial charge in [-0.3, -0.25) is 14.5 Å². The van der Waals surface area contributed by atoms with Crippen molar-refractivity contribution in [2.75, 3.05) is 6.54 Å². The van der Waals surface area contributed by atoms with Crippen LogP contribution in [-0.4, -0.2) is 29.7 Å². The molecule has 0 N–H and O–H groups in total. The molecule has 2 rings (SSSR count). The van der Waals surface area contributed by atoms with Gasteiger partial charge >= 0.3 is 0 Å². The summed E-state index contributed by atoms with van der Waals surface area (Å²) in [5.41, 5.74) is 0.587. The van der Waals surface area contributed by atoms with Crippen molar-refractivity contribution >= 4 is 11.8 Å². The highest BCUT2D eigenvalue weighted by atomic mass is 19.3. The second-order valence-electron chi connectivity index (χ2n) is 3.49. The molecule has 0 atom stereocenters. The Labute approximate surface area is 90.7 Å². The molecule has 0 fully saturated rings. The third-order valence-electron chi connectivity index (χ3n) is 2.45. The standard InChI is InChI=1S/C11H9F2NO2/c12-9(13)5-6-14-10(15)7-3-1-2-4-8(7)11(14)16/h1-4,9H,5-6H2. The first kappa shape index (κ1) is 10.7. The Hall–Kier alpha value is -1.78. The van der Waals surface area contributed by atoms with Crippen molar-refractivity contribution in [3.05, 3.63) is 35.4 Å². The first-order valence-electron chi connectivity index (χ1n) is 4.84. The van der Waals surface area contributed by atoms with Crippen molar-refractivity contribution in [3.8, 4) is 0 Å². The van der Waals surface area contributed by atoms with Crippen LogP contribution in [0, 0.1) is 0 Å². The smallest absolute Gasteiger partial charge is 0.261 e. The fourth-order valence-corrected chi connectivity index (χ4v) is 1.67. The van der Waals surface area contributed by atoms with Gasteiger partial charge in [-0.25, -0.2) is 8.78 Å². The molecule has 2 amide bonds. The molecular formula is C11H9F2NO2. The van der Waals surface area contributed by atoms with E-state index in [9.17, 15) is 18.4 Å². The van der Waals surface area contributed by atoms with Crippen molar-refractivity contribution in [1.82, 2.24) is 4.90 Å². The molecular weight excluding hydrogens is 216 g/mol. The lowest BCUT2D eigenvalue weighted by Crippen LogP contribution is -2.31. The lowest BCUT2D eigenvalue weighted by molar-refractivity contribution is 0.0605. The Morgan fingerprint density at radius 2 is 1.56 bits per heavy atom. The molecule has 0 saturated heterocycles. The fourth-order valence-electron chi connectivity index (χ4n) is 1.67. The molecule has 0 unspecified atom stereocenters. The summed E-state index contributed by atoms with van der Waals surface area (Å²) in [6, 6.07) is 6.33. The predicted octanol–water partition coefficient (Wildman–Crippen LogP) is 1.94. The van der Waals surface area contributed by atoms with Gasteiger partial charge in [-0.1, -0.05) is 12.1 Å². The molecule has 0 bridgehead atoms. The average Bonchev–Trinajstić information content (AvgIpc) is 2.50. The van der Waals surface area contributed by atoms with Gasteiger partial charge in [0.15, 0.2) is 0 Å². The number of hydrogen-bond acceptors (Lipinski definition) is 2. The predicted molar refractivity (Wildman–Crippen MR) is 52.4 cm³/mol. The number of imide groups is 1. The van der Waals surface area contributed by atoms with Gasteiger partial charge in [-0.2, -0.15) is 0 Å². The topological polar surface area (TPSA) is 37.4 Å². The molecule has 0 aromatic heterocycles. The molecule has 1 aromatic carbocycles. The van der Waals surface area contributed by atoms with Gasteiger partial charge in [-0.15, -0.1) is 0 Å². The van der Waals surface area contributed by atoms with Gasteiger partial charge in [0.25, 0.3) is 11.8 Å². The molecule has 84 valence electrons. The van der Waals surface area contributed by atoms with E-state index in [2.05, 4.69) is 0 Å². The van der Waals surface area contributed by atoms with Gasteiger partial charge in [0, 0.05) is 13.0 Å². The summed E-state index contributed by atoms with van der Waals surface area (Å²) in [6.45, 7) is -0.232. The number of halogens is 2. The van der Waals surface area contributed by atoms with E-state index in [1.807, 2.05) is 0 Å². The molecule has 0 saturated carbocycles. The molecule has 5 heteroatoms. The van der Waals surface area contributed by atoms with E-state index < -0.39 is 24.7 Å². The lowest BCUT2D eigenvalue weighted by Gasteiger charge is -2.12. The zero-order valence-electron chi connectivity index (χ0n) is 8.32. The number of benzene rings is 1. The third kappa shape index (κ3) is 1.68. The molecule has 1 heterocycles. The normalized spacial score (nSPS) is 14.8. The quantitative estimate of drug-likeness (QED) is 0.737. The molecule has 0 spiro atoms. The number of carbonyl (C=O) groups is 2. The summed E-state index contributed by atoms with van der Waals surface area (Å²) in [6.07, 6.45) is -2.99. The van der Waals surface area contributed by atoms with E-state index in [-0.39, 0.29) is 6.54 Å². The number of hydrogen-bond donors (Lipinski definition) is 0. The van der Waals surface area contributed by atoms with E-state index in [4.69, 9.17) is 0 Å². The van der Waals surface area contributed by atoms with Crippen LogP contribution in [0.15, 0.2) is 24.3 Å². The maximum atomic E-state index is 12.0. The minimum absolute atomic E-state index is 0.232. The lowest BCUT2D eigenvalue weighted by atomic mass is 10.1. The third-order valence-corrected chi connectivity index (χ3v) is 2.45. The van der Waals surface area contributed by atoms with E-state index >= 15 is 0 Å². The Kier molecular flexibility index (Phi) is 2.68. The van der Waals surface area contributed by atoms with Gasteiger partial charge in [0.2, 0.25) is 6.43 Å². The zero-order chi connectivity index (χ0) is 11.7. The van der Waals surface area contributed by atoms with Crippen LogP contribution in [0.25, 0.3) is 0 Å². The SMILES string of the molecule is O=C1c2ccccc2C(=O)N1CCC(F)F. The highest BCUT2D eigenvalue weighted by Crippen LogP contribution is 2.22. The van der Waals surface area contributed by atoms with Crippen LogP contribution in [0.4, 0.5) is 8.78 Å². The summed E-state index contributed by atoms with van der Waals surface area (Å²) in [5.74, 6) is -0.970. The van der Waals surface area contributed by atoms with Gasteiger partial charge in [0.05, 0.1) is 11.1 Å². The van der Waals surface area contributed by atoms with Crippen LogP contribution in [0.2, 0.25) is 0 Å². The average molecular weight is 225 g/mol.